The lowest BCUT2D eigenvalue weighted by molar-refractivity contribution is 0.467. The van der Waals surface area contributed by atoms with Crippen LogP contribution in [-0.2, 0) is 6.42 Å². The lowest BCUT2D eigenvalue weighted by Gasteiger charge is -2.12. The van der Waals surface area contributed by atoms with Gasteiger partial charge in [0.05, 0.1) is 9.26 Å². The van der Waals surface area contributed by atoms with Crippen LogP contribution in [0.3, 0.4) is 0 Å². The van der Waals surface area contributed by atoms with Gasteiger partial charge in [-0.3, -0.25) is 0 Å². The topological polar surface area (TPSA) is 58.0 Å². The smallest absolute Gasteiger partial charge is 0.161 e. The average molecular weight is 383 g/mol. The third-order valence-corrected chi connectivity index (χ3v) is 4.37. The zero-order chi connectivity index (χ0) is 14.9. The molecule has 0 radical (unpaired) electrons. The van der Waals surface area contributed by atoms with Crippen LogP contribution in [0, 0.1) is 17.4 Å². The molecule has 4 nitrogen and oxygen atoms in total. The number of hydrogen-bond acceptors (Lipinski definition) is 4. The molecule has 0 spiro atoms. The molecular weight excluding hydrogens is 365 g/mol. The van der Waals surface area contributed by atoms with E-state index in [1.165, 1.54) is 0 Å². The van der Waals surface area contributed by atoms with Crippen molar-refractivity contribution >= 4 is 28.4 Å². The molecule has 0 aliphatic carbocycles. The maximum Gasteiger partial charge on any atom is 0.161 e. The molecule has 0 saturated heterocycles. The second-order valence-electron chi connectivity index (χ2n) is 4.72. The minimum absolute atomic E-state index is 0.337. The van der Waals surface area contributed by atoms with Crippen LogP contribution >= 0.6 is 22.6 Å². The molecule has 0 fully saturated rings. The highest BCUT2D eigenvalue weighted by Gasteiger charge is 2.13. The summed E-state index contributed by atoms with van der Waals surface area (Å²) < 4.78 is 1.06. The van der Waals surface area contributed by atoms with Crippen LogP contribution in [0.2, 0.25) is 0 Å². The van der Waals surface area contributed by atoms with Gasteiger partial charge in [-0.1, -0.05) is 6.92 Å². The molecule has 5 heteroatoms. The van der Waals surface area contributed by atoms with Gasteiger partial charge < -0.3 is 10.4 Å². The van der Waals surface area contributed by atoms with E-state index in [2.05, 4.69) is 44.8 Å². The molecule has 1 aromatic heterocycles. The van der Waals surface area contributed by atoms with Crippen molar-refractivity contribution in [1.82, 2.24) is 9.97 Å². The summed E-state index contributed by atoms with van der Waals surface area (Å²) in [4.78, 5) is 9.21. The Morgan fingerprint density at radius 1 is 1.20 bits per heavy atom. The third kappa shape index (κ3) is 2.72. The second-order valence-corrected chi connectivity index (χ2v) is 5.80. The van der Waals surface area contributed by atoms with Gasteiger partial charge in [0.2, 0.25) is 0 Å². The fourth-order valence-electron chi connectivity index (χ4n) is 2.11. The monoisotopic (exact) mass is 383 g/mol. The predicted octanol–water partition coefficient (Wildman–Crippen LogP) is 3.67. The van der Waals surface area contributed by atoms with Crippen molar-refractivity contribution < 1.29 is 5.11 Å². The Morgan fingerprint density at radius 2 is 1.80 bits per heavy atom. The van der Waals surface area contributed by atoms with Crippen LogP contribution in [0.25, 0.3) is 11.4 Å². The van der Waals surface area contributed by atoms with E-state index < -0.39 is 0 Å². The highest BCUT2D eigenvalue weighted by molar-refractivity contribution is 14.1. The summed E-state index contributed by atoms with van der Waals surface area (Å²) in [5, 5.41) is 13.0. The number of halogens is 1. The summed E-state index contributed by atoms with van der Waals surface area (Å²) >= 11 is 2.27. The fourth-order valence-corrected chi connectivity index (χ4v) is 3.00. The second kappa shape index (κ2) is 5.95. The summed E-state index contributed by atoms with van der Waals surface area (Å²) in [7, 11) is 1.86. The summed E-state index contributed by atoms with van der Waals surface area (Å²) in [6, 6.07) is 3.84. The van der Waals surface area contributed by atoms with Crippen molar-refractivity contribution in [2.75, 3.05) is 12.4 Å². The van der Waals surface area contributed by atoms with Gasteiger partial charge in [-0.15, -0.1) is 0 Å². The number of phenolic OH excluding ortho intramolecular Hbond substituents is 1. The van der Waals surface area contributed by atoms with E-state index in [9.17, 15) is 5.11 Å². The molecule has 2 N–H and O–H groups in total. The number of aromatic hydroxyl groups is 1. The highest BCUT2D eigenvalue weighted by Crippen LogP contribution is 2.29. The van der Waals surface area contributed by atoms with E-state index in [0.29, 0.717) is 11.6 Å². The SMILES string of the molecule is CCc1nc(-c2cc(C)c(O)c(C)c2)nc(NC)c1I. The normalized spacial score (nSPS) is 10.7. The molecule has 0 aliphatic heterocycles. The average Bonchev–Trinajstić information content (AvgIpc) is 2.44. The number of aryl methyl sites for hydroxylation is 3. The van der Waals surface area contributed by atoms with Crippen LogP contribution in [0.5, 0.6) is 5.75 Å². The number of rotatable bonds is 3. The van der Waals surface area contributed by atoms with Gasteiger partial charge in [-0.25, -0.2) is 9.97 Å². The highest BCUT2D eigenvalue weighted by atomic mass is 127. The molecule has 2 aromatic rings. The third-order valence-electron chi connectivity index (χ3n) is 3.24. The Hall–Kier alpha value is -1.37. The van der Waals surface area contributed by atoms with Gasteiger partial charge in [0.1, 0.15) is 11.6 Å². The van der Waals surface area contributed by atoms with Gasteiger partial charge in [-0.05, 0) is 66.1 Å². The summed E-state index contributed by atoms with van der Waals surface area (Å²) in [5.41, 5.74) is 3.64. The van der Waals surface area contributed by atoms with E-state index in [0.717, 1.165) is 38.2 Å². The first-order valence-electron chi connectivity index (χ1n) is 6.52. The van der Waals surface area contributed by atoms with Gasteiger partial charge in [0, 0.05) is 12.6 Å². The maximum atomic E-state index is 9.87. The van der Waals surface area contributed by atoms with Gasteiger partial charge in [0.15, 0.2) is 5.82 Å². The number of phenols is 1. The lowest BCUT2D eigenvalue weighted by Crippen LogP contribution is -2.05. The van der Waals surface area contributed by atoms with Crippen molar-refractivity contribution in [3.05, 3.63) is 32.5 Å². The van der Waals surface area contributed by atoms with Crippen LogP contribution in [-0.4, -0.2) is 22.1 Å². The quantitative estimate of drug-likeness (QED) is 0.795. The van der Waals surface area contributed by atoms with Crippen molar-refractivity contribution in [2.24, 2.45) is 0 Å². The minimum Gasteiger partial charge on any atom is -0.507 e. The molecule has 2 rings (SSSR count). The Morgan fingerprint density at radius 3 is 2.30 bits per heavy atom. The zero-order valence-corrected chi connectivity index (χ0v) is 14.2. The van der Waals surface area contributed by atoms with E-state index in [1.807, 2.05) is 33.0 Å². The van der Waals surface area contributed by atoms with E-state index in [1.54, 1.807) is 0 Å². The maximum absolute atomic E-state index is 9.87. The molecule has 0 atom stereocenters. The molecule has 106 valence electrons. The van der Waals surface area contributed by atoms with Gasteiger partial charge >= 0.3 is 0 Å². The van der Waals surface area contributed by atoms with E-state index >= 15 is 0 Å². The fraction of sp³-hybridized carbons (Fsp3) is 0.333. The van der Waals surface area contributed by atoms with Crippen molar-refractivity contribution in [1.29, 1.82) is 0 Å². The minimum atomic E-state index is 0.337. The number of hydrogen-bond donors (Lipinski definition) is 2. The molecular formula is C15H18IN3O. The first kappa shape index (κ1) is 15.0. The first-order valence-corrected chi connectivity index (χ1v) is 7.60. The van der Waals surface area contributed by atoms with Crippen LogP contribution < -0.4 is 5.32 Å². The molecule has 20 heavy (non-hydrogen) atoms. The Labute approximate surface area is 132 Å². The molecule has 1 aromatic carbocycles. The lowest BCUT2D eigenvalue weighted by atomic mass is 10.1. The molecule has 0 saturated carbocycles. The first-order chi connectivity index (χ1) is 9.47. The summed E-state index contributed by atoms with van der Waals surface area (Å²) in [5.74, 6) is 1.87. The van der Waals surface area contributed by atoms with Gasteiger partial charge in [0.25, 0.3) is 0 Å². The molecule has 0 amide bonds. The Bertz CT molecular complexity index is 608. The Balaban J connectivity index is 2.63. The van der Waals surface area contributed by atoms with E-state index in [4.69, 9.17) is 0 Å². The number of aromatic nitrogens is 2. The molecule has 0 bridgehead atoms. The number of nitrogens with zero attached hydrogens (tertiary/aromatic N) is 2. The van der Waals surface area contributed by atoms with E-state index in [-0.39, 0.29) is 0 Å². The van der Waals surface area contributed by atoms with Crippen molar-refractivity contribution in [2.45, 2.75) is 27.2 Å². The van der Waals surface area contributed by atoms with Crippen molar-refractivity contribution in [3.8, 4) is 17.1 Å². The number of benzene rings is 1. The zero-order valence-electron chi connectivity index (χ0n) is 12.1. The predicted molar refractivity (Wildman–Crippen MR) is 90.2 cm³/mol. The van der Waals surface area contributed by atoms with Crippen LogP contribution in [0.1, 0.15) is 23.7 Å². The Kier molecular flexibility index (Phi) is 4.47. The number of nitrogens with one attached hydrogen (secondary N) is 1. The largest absolute Gasteiger partial charge is 0.507 e. The van der Waals surface area contributed by atoms with Crippen LogP contribution in [0.15, 0.2) is 12.1 Å². The standard InChI is InChI=1S/C15H18IN3O/c1-5-11-12(16)15(17-4)19-14(18-11)10-6-8(2)13(20)9(3)7-10/h6-7,20H,5H2,1-4H3,(H,17,18,19). The summed E-state index contributed by atoms with van der Waals surface area (Å²) in [6.45, 7) is 5.86. The molecule has 0 unspecified atom stereocenters. The van der Waals surface area contributed by atoms with Crippen LogP contribution in [0.4, 0.5) is 5.82 Å². The molecule has 1 heterocycles. The van der Waals surface area contributed by atoms with Crippen molar-refractivity contribution in [3.63, 3.8) is 0 Å². The van der Waals surface area contributed by atoms with Gasteiger partial charge in [-0.2, -0.15) is 0 Å². The molecule has 0 aliphatic rings. The summed E-state index contributed by atoms with van der Waals surface area (Å²) in [6.07, 6.45) is 0.860. The number of anilines is 1.